The lowest BCUT2D eigenvalue weighted by atomic mass is 9.96. The summed E-state index contributed by atoms with van der Waals surface area (Å²) in [5.41, 5.74) is 6.56. The second-order valence-corrected chi connectivity index (χ2v) is 6.34. The van der Waals surface area contributed by atoms with Crippen molar-refractivity contribution in [2.45, 2.75) is 25.3 Å². The Morgan fingerprint density at radius 2 is 2.17 bits per heavy atom. The van der Waals surface area contributed by atoms with Crippen LogP contribution in [0.15, 0.2) is 24.0 Å². The molecule has 1 aliphatic carbocycles. The summed E-state index contributed by atoms with van der Waals surface area (Å²) in [6, 6.07) is 0. The minimum absolute atomic E-state index is 0. The van der Waals surface area contributed by atoms with Crippen LogP contribution in [0.1, 0.15) is 30.3 Å². The summed E-state index contributed by atoms with van der Waals surface area (Å²) in [5, 5.41) is 5.46. The van der Waals surface area contributed by atoms with Crippen LogP contribution in [-0.4, -0.2) is 32.9 Å². The van der Waals surface area contributed by atoms with Crippen LogP contribution in [0.2, 0.25) is 0 Å². The van der Waals surface area contributed by atoms with E-state index >= 15 is 0 Å². The molecular weight excluding hydrogens is 357 g/mol. The highest BCUT2D eigenvalue weighted by Gasteiger charge is 2.41. The van der Waals surface area contributed by atoms with E-state index in [1.54, 1.807) is 24.0 Å². The van der Waals surface area contributed by atoms with Gasteiger partial charge in [0.05, 0.1) is 11.7 Å². The van der Waals surface area contributed by atoms with Crippen LogP contribution in [0.3, 0.4) is 0 Å². The van der Waals surface area contributed by atoms with E-state index in [0.717, 1.165) is 12.8 Å². The molecule has 1 saturated carbocycles. The van der Waals surface area contributed by atoms with Gasteiger partial charge in [0.15, 0.2) is 0 Å². The van der Waals surface area contributed by atoms with Gasteiger partial charge < -0.3 is 11.1 Å². The minimum atomic E-state index is -0.340. The van der Waals surface area contributed by atoms with Crippen molar-refractivity contribution in [3.63, 3.8) is 0 Å². The third-order valence-corrected chi connectivity index (χ3v) is 4.69. The van der Waals surface area contributed by atoms with Gasteiger partial charge in [0, 0.05) is 24.3 Å². The highest BCUT2D eigenvalue weighted by atomic mass is 35.5. The summed E-state index contributed by atoms with van der Waals surface area (Å²) in [6.45, 7) is 2.43. The third-order valence-electron chi connectivity index (χ3n) is 3.82. The molecule has 9 heteroatoms. The van der Waals surface area contributed by atoms with Crippen molar-refractivity contribution in [3.05, 3.63) is 29.7 Å². The number of halogens is 2. The van der Waals surface area contributed by atoms with Crippen molar-refractivity contribution < 1.29 is 4.79 Å². The van der Waals surface area contributed by atoms with Crippen molar-refractivity contribution in [3.8, 4) is 10.7 Å². The summed E-state index contributed by atoms with van der Waals surface area (Å²) in [4.78, 5) is 24.9. The summed E-state index contributed by atoms with van der Waals surface area (Å²) in [6.07, 6.45) is 7.09. The van der Waals surface area contributed by atoms with Gasteiger partial charge in [-0.25, -0.2) is 4.98 Å². The molecule has 0 aliphatic heterocycles. The van der Waals surface area contributed by atoms with E-state index < -0.39 is 0 Å². The lowest BCUT2D eigenvalue weighted by molar-refractivity contribution is 0.0893. The van der Waals surface area contributed by atoms with Crippen LogP contribution < -0.4 is 11.1 Å². The standard InChI is InChI=1S/C14H17N5OS.2ClH/c1-14(8-15,9-2-3-9)19-12(20)11-7-21-13(18-11)10-6-16-4-5-17-10;;/h4-7,9H,2-3,8,15H2,1H3,(H,19,20);2*1H. The van der Waals surface area contributed by atoms with E-state index in [2.05, 4.69) is 20.3 Å². The van der Waals surface area contributed by atoms with Crippen molar-refractivity contribution in [1.82, 2.24) is 20.3 Å². The Kier molecular flexibility index (Phi) is 6.88. The maximum Gasteiger partial charge on any atom is 0.271 e. The molecule has 1 amide bonds. The fraction of sp³-hybridized carbons (Fsp3) is 0.429. The Morgan fingerprint density at radius 3 is 2.74 bits per heavy atom. The number of aromatic nitrogens is 3. The maximum atomic E-state index is 12.3. The van der Waals surface area contributed by atoms with Crippen molar-refractivity contribution in [2.75, 3.05) is 6.54 Å². The van der Waals surface area contributed by atoms with Gasteiger partial charge in [-0.1, -0.05) is 0 Å². The second-order valence-electron chi connectivity index (χ2n) is 5.48. The van der Waals surface area contributed by atoms with E-state index in [1.807, 2.05) is 6.92 Å². The zero-order valence-electron chi connectivity index (χ0n) is 12.6. The first-order valence-electron chi connectivity index (χ1n) is 6.87. The number of nitrogens with two attached hydrogens (primary N) is 1. The number of carbonyl (C=O) groups excluding carboxylic acids is 1. The fourth-order valence-electron chi connectivity index (χ4n) is 2.27. The predicted octanol–water partition coefficient (Wildman–Crippen LogP) is 2.30. The average Bonchev–Trinajstić information content (AvgIpc) is 3.26. The van der Waals surface area contributed by atoms with Gasteiger partial charge in [0.1, 0.15) is 16.4 Å². The molecule has 1 unspecified atom stereocenters. The van der Waals surface area contributed by atoms with E-state index in [1.165, 1.54) is 11.3 Å². The van der Waals surface area contributed by atoms with Crippen LogP contribution in [0.4, 0.5) is 0 Å². The Hall–Kier alpha value is -1.28. The van der Waals surface area contributed by atoms with Gasteiger partial charge in [0.25, 0.3) is 5.91 Å². The summed E-state index contributed by atoms with van der Waals surface area (Å²) in [5.74, 6) is 0.297. The molecule has 2 aromatic rings. The van der Waals surface area contributed by atoms with Gasteiger partial charge in [-0.3, -0.25) is 14.8 Å². The number of hydrogen-bond acceptors (Lipinski definition) is 6. The second kappa shape index (κ2) is 8.01. The predicted molar refractivity (Wildman–Crippen MR) is 95.3 cm³/mol. The number of amides is 1. The number of carbonyl (C=O) groups is 1. The topological polar surface area (TPSA) is 93.8 Å². The molecule has 1 aliphatic rings. The van der Waals surface area contributed by atoms with Crippen molar-refractivity contribution >= 4 is 42.1 Å². The molecule has 3 N–H and O–H groups in total. The van der Waals surface area contributed by atoms with E-state index in [4.69, 9.17) is 5.73 Å². The number of rotatable bonds is 5. The average molecular weight is 376 g/mol. The molecule has 0 aromatic carbocycles. The molecule has 23 heavy (non-hydrogen) atoms. The summed E-state index contributed by atoms with van der Waals surface area (Å²) >= 11 is 1.38. The van der Waals surface area contributed by atoms with Crippen LogP contribution in [-0.2, 0) is 0 Å². The van der Waals surface area contributed by atoms with Crippen LogP contribution in [0.5, 0.6) is 0 Å². The zero-order chi connectivity index (χ0) is 14.9. The number of thiazole rings is 1. The van der Waals surface area contributed by atoms with E-state index in [9.17, 15) is 4.79 Å². The molecule has 0 spiro atoms. The lowest BCUT2D eigenvalue weighted by Gasteiger charge is -2.29. The Morgan fingerprint density at radius 1 is 1.43 bits per heavy atom. The molecule has 0 radical (unpaired) electrons. The molecule has 2 aromatic heterocycles. The first-order chi connectivity index (χ1) is 10.1. The summed E-state index contributed by atoms with van der Waals surface area (Å²) < 4.78 is 0. The van der Waals surface area contributed by atoms with Gasteiger partial charge in [-0.05, 0) is 25.7 Å². The number of nitrogens with one attached hydrogen (secondary N) is 1. The minimum Gasteiger partial charge on any atom is -0.344 e. The van der Waals surface area contributed by atoms with E-state index in [0.29, 0.717) is 28.9 Å². The molecule has 3 rings (SSSR count). The van der Waals surface area contributed by atoms with E-state index in [-0.39, 0.29) is 36.3 Å². The molecule has 0 saturated heterocycles. The molecule has 1 atom stereocenters. The zero-order valence-corrected chi connectivity index (χ0v) is 15.0. The molecule has 1 fully saturated rings. The van der Waals surface area contributed by atoms with Crippen LogP contribution in [0.25, 0.3) is 10.7 Å². The maximum absolute atomic E-state index is 12.3. The SMILES string of the molecule is CC(CN)(NC(=O)c1csc(-c2cnccn2)n1)C1CC1.Cl.Cl. The normalized spacial score (nSPS) is 15.7. The Labute approximate surface area is 151 Å². The molecule has 0 bridgehead atoms. The monoisotopic (exact) mass is 375 g/mol. The molecule has 6 nitrogen and oxygen atoms in total. The number of nitrogens with zero attached hydrogens (tertiary/aromatic N) is 3. The van der Waals surface area contributed by atoms with Gasteiger partial charge in [0.2, 0.25) is 0 Å². The molecular formula is C14H19Cl2N5OS. The van der Waals surface area contributed by atoms with Crippen LogP contribution >= 0.6 is 36.2 Å². The quantitative estimate of drug-likeness (QED) is 0.835. The molecule has 126 valence electrons. The third kappa shape index (κ3) is 4.38. The van der Waals surface area contributed by atoms with Gasteiger partial charge in [-0.15, -0.1) is 36.2 Å². The fourth-order valence-corrected chi connectivity index (χ4v) is 3.03. The largest absolute Gasteiger partial charge is 0.344 e. The smallest absolute Gasteiger partial charge is 0.271 e. The molecule has 2 heterocycles. The van der Waals surface area contributed by atoms with Gasteiger partial charge in [-0.2, -0.15) is 0 Å². The lowest BCUT2D eigenvalue weighted by Crippen LogP contribution is -2.53. The van der Waals surface area contributed by atoms with Gasteiger partial charge >= 0.3 is 0 Å². The first-order valence-corrected chi connectivity index (χ1v) is 7.75. The van der Waals surface area contributed by atoms with Crippen molar-refractivity contribution in [1.29, 1.82) is 0 Å². The first kappa shape index (κ1) is 19.8. The van der Waals surface area contributed by atoms with Crippen molar-refractivity contribution in [2.24, 2.45) is 11.7 Å². The van der Waals surface area contributed by atoms with Crippen LogP contribution in [0, 0.1) is 5.92 Å². The highest BCUT2D eigenvalue weighted by molar-refractivity contribution is 7.13. The highest BCUT2D eigenvalue weighted by Crippen LogP contribution is 2.39. The number of hydrogen-bond donors (Lipinski definition) is 2. The Bertz CT molecular complexity index is 650. The Balaban J connectivity index is 0.00000132. The summed E-state index contributed by atoms with van der Waals surface area (Å²) in [7, 11) is 0.